The van der Waals surface area contributed by atoms with E-state index in [0.717, 1.165) is 66.6 Å². The minimum Gasteiger partial charge on any atom is -0.455 e. The van der Waals surface area contributed by atoms with Gasteiger partial charge in [-0.2, -0.15) is 0 Å². The monoisotopic (exact) mass is 765 g/mol. The molecule has 1 aromatic heterocycles. The molecule has 0 atom stereocenters. The molecule has 0 aliphatic rings. The van der Waals surface area contributed by atoms with Crippen molar-refractivity contribution in [3.63, 3.8) is 0 Å². The Bertz CT molecular complexity index is 3440. The van der Waals surface area contributed by atoms with Crippen LogP contribution in [-0.4, -0.2) is 0 Å². The molecule has 60 heavy (non-hydrogen) atoms. The number of nitrogens with zero attached hydrogens (tertiary/aromatic N) is 1. The second-order valence-corrected chi connectivity index (χ2v) is 15.3. The van der Waals surface area contributed by atoms with Gasteiger partial charge in [-0.3, -0.25) is 0 Å². The van der Waals surface area contributed by atoms with E-state index in [2.05, 4.69) is 224 Å². The summed E-state index contributed by atoms with van der Waals surface area (Å²) in [5, 5.41) is 9.43. The fourth-order valence-electron chi connectivity index (χ4n) is 8.95. The van der Waals surface area contributed by atoms with Gasteiger partial charge in [0.2, 0.25) is 0 Å². The van der Waals surface area contributed by atoms with E-state index in [0.29, 0.717) is 0 Å². The third-order valence-corrected chi connectivity index (χ3v) is 11.8. The maximum Gasteiger partial charge on any atom is 0.143 e. The van der Waals surface area contributed by atoms with E-state index in [1.165, 1.54) is 43.6 Å². The molecule has 0 N–H and O–H groups in total. The van der Waals surface area contributed by atoms with Crippen LogP contribution in [0.4, 0.5) is 17.1 Å². The van der Waals surface area contributed by atoms with E-state index in [-0.39, 0.29) is 0 Å². The summed E-state index contributed by atoms with van der Waals surface area (Å²) in [6.07, 6.45) is 5.95. The summed E-state index contributed by atoms with van der Waals surface area (Å²) in [5.74, 6) is 0. The average Bonchev–Trinajstić information content (AvgIpc) is 3.68. The van der Waals surface area contributed by atoms with Crippen LogP contribution < -0.4 is 4.90 Å². The van der Waals surface area contributed by atoms with E-state index in [1.54, 1.807) is 0 Å². The lowest BCUT2D eigenvalue weighted by Crippen LogP contribution is -2.12. The van der Waals surface area contributed by atoms with Gasteiger partial charge in [0.15, 0.2) is 0 Å². The van der Waals surface area contributed by atoms with Crippen molar-refractivity contribution in [3.8, 4) is 33.4 Å². The predicted octanol–water partition coefficient (Wildman–Crippen LogP) is 16.7. The van der Waals surface area contributed by atoms with Gasteiger partial charge in [0.05, 0.1) is 11.4 Å². The third kappa shape index (κ3) is 6.06. The summed E-state index contributed by atoms with van der Waals surface area (Å²) < 4.78 is 6.80. The summed E-state index contributed by atoms with van der Waals surface area (Å²) >= 11 is 0. The number of anilines is 3. The zero-order valence-corrected chi connectivity index (χ0v) is 32.9. The fraction of sp³-hybridized carbons (Fsp3) is 0. The SMILES string of the molecule is C=C/C=C\c1cccc2c(N(c3ccc(-c4ccc(-c5cccc6ccccc56)cc4)cc3)c3ccccc3-c3cccc4c3oc3cc5ccccc5cc34)cccc12. The van der Waals surface area contributed by atoms with E-state index >= 15 is 0 Å². The Morgan fingerprint density at radius 1 is 0.400 bits per heavy atom. The average molecular weight is 766 g/mol. The molecule has 0 saturated carbocycles. The summed E-state index contributed by atoms with van der Waals surface area (Å²) in [6, 6.07) is 74.3. The first-order valence-electron chi connectivity index (χ1n) is 20.4. The van der Waals surface area contributed by atoms with Crippen molar-refractivity contribution in [2.24, 2.45) is 0 Å². The molecule has 0 fully saturated rings. The van der Waals surface area contributed by atoms with E-state index in [9.17, 15) is 0 Å². The number of allylic oxidation sites excluding steroid dienone is 2. The van der Waals surface area contributed by atoms with Crippen LogP contribution in [0.25, 0.3) is 93.7 Å². The fourth-order valence-corrected chi connectivity index (χ4v) is 8.95. The molecule has 1 heterocycles. The van der Waals surface area contributed by atoms with Crippen LogP contribution in [0.3, 0.4) is 0 Å². The van der Waals surface area contributed by atoms with Gasteiger partial charge in [0, 0.05) is 33.0 Å². The van der Waals surface area contributed by atoms with E-state index in [4.69, 9.17) is 4.42 Å². The molecular weight excluding hydrogens is 727 g/mol. The van der Waals surface area contributed by atoms with Gasteiger partial charge in [0.1, 0.15) is 11.2 Å². The highest BCUT2D eigenvalue weighted by Gasteiger charge is 2.22. The van der Waals surface area contributed by atoms with Crippen molar-refractivity contribution in [3.05, 3.63) is 231 Å². The maximum absolute atomic E-state index is 6.80. The van der Waals surface area contributed by atoms with Crippen LogP contribution in [0.15, 0.2) is 229 Å². The largest absolute Gasteiger partial charge is 0.455 e. The van der Waals surface area contributed by atoms with Crippen molar-refractivity contribution >= 4 is 77.4 Å². The molecule has 0 saturated heterocycles. The highest BCUT2D eigenvalue weighted by atomic mass is 16.3. The minimum atomic E-state index is 0.882. The van der Waals surface area contributed by atoms with Gasteiger partial charge in [-0.25, -0.2) is 0 Å². The quantitative estimate of drug-likeness (QED) is 0.143. The first kappa shape index (κ1) is 35.2. The molecule has 0 aliphatic carbocycles. The van der Waals surface area contributed by atoms with Crippen molar-refractivity contribution in [2.75, 3.05) is 4.90 Å². The van der Waals surface area contributed by atoms with Gasteiger partial charge in [-0.05, 0) is 91.1 Å². The Hall–Kier alpha value is -7.94. The lowest BCUT2D eigenvalue weighted by molar-refractivity contribution is 0.670. The molecule has 282 valence electrons. The molecule has 0 amide bonds. The minimum absolute atomic E-state index is 0.882. The maximum atomic E-state index is 6.80. The first-order chi connectivity index (χ1) is 29.7. The third-order valence-electron chi connectivity index (χ3n) is 11.8. The Kier molecular flexibility index (Phi) is 8.68. The van der Waals surface area contributed by atoms with Gasteiger partial charge in [-0.1, -0.05) is 195 Å². The molecule has 0 spiro atoms. The zero-order chi connectivity index (χ0) is 40.0. The van der Waals surface area contributed by atoms with Crippen LogP contribution in [-0.2, 0) is 0 Å². The van der Waals surface area contributed by atoms with Crippen LogP contribution >= 0.6 is 0 Å². The molecule has 0 radical (unpaired) electrons. The molecule has 11 aromatic rings. The normalized spacial score (nSPS) is 11.7. The van der Waals surface area contributed by atoms with Gasteiger partial charge in [-0.15, -0.1) is 0 Å². The van der Waals surface area contributed by atoms with E-state index in [1.807, 2.05) is 12.2 Å². The number of benzene rings is 10. The van der Waals surface area contributed by atoms with Gasteiger partial charge >= 0.3 is 0 Å². The Morgan fingerprint density at radius 3 is 1.80 bits per heavy atom. The lowest BCUT2D eigenvalue weighted by Gasteiger charge is -2.29. The number of para-hydroxylation sites is 2. The topological polar surface area (TPSA) is 16.4 Å². The smallest absolute Gasteiger partial charge is 0.143 e. The number of hydrogen-bond acceptors (Lipinski definition) is 2. The second kappa shape index (κ2) is 14.8. The summed E-state index contributed by atoms with van der Waals surface area (Å²) in [7, 11) is 0. The number of fused-ring (bicyclic) bond motifs is 6. The van der Waals surface area contributed by atoms with Crippen molar-refractivity contribution < 1.29 is 4.42 Å². The highest BCUT2D eigenvalue weighted by Crippen LogP contribution is 2.47. The van der Waals surface area contributed by atoms with Crippen molar-refractivity contribution in [1.82, 2.24) is 0 Å². The van der Waals surface area contributed by atoms with Crippen LogP contribution in [0, 0.1) is 0 Å². The number of furan rings is 1. The predicted molar refractivity (Wildman–Crippen MR) is 256 cm³/mol. The number of rotatable bonds is 8. The highest BCUT2D eigenvalue weighted by molar-refractivity contribution is 6.14. The Labute approximate surface area is 349 Å². The first-order valence-corrected chi connectivity index (χ1v) is 20.4. The molecule has 0 aliphatic heterocycles. The van der Waals surface area contributed by atoms with Crippen molar-refractivity contribution in [2.45, 2.75) is 0 Å². The van der Waals surface area contributed by atoms with Crippen LogP contribution in [0.2, 0.25) is 0 Å². The molecule has 0 unspecified atom stereocenters. The molecule has 2 heteroatoms. The molecule has 11 rings (SSSR count). The van der Waals surface area contributed by atoms with Gasteiger partial charge in [0.25, 0.3) is 0 Å². The van der Waals surface area contributed by atoms with E-state index < -0.39 is 0 Å². The van der Waals surface area contributed by atoms with Crippen LogP contribution in [0.1, 0.15) is 5.56 Å². The summed E-state index contributed by atoms with van der Waals surface area (Å²) in [5.41, 5.74) is 13.0. The second-order valence-electron chi connectivity index (χ2n) is 15.3. The zero-order valence-electron chi connectivity index (χ0n) is 32.9. The summed E-state index contributed by atoms with van der Waals surface area (Å²) in [6.45, 7) is 3.92. The molecular formula is C58H39NO. The van der Waals surface area contributed by atoms with Crippen LogP contribution in [0.5, 0.6) is 0 Å². The Morgan fingerprint density at radius 2 is 0.967 bits per heavy atom. The standard InChI is InChI=1S/C58H39NO/c1-2-3-14-41-19-11-24-50-49(41)23-13-28-56(50)59(46-35-33-40(34-36-46)39-29-31-43(32-30-39)48-22-10-18-42-15-6-7-20-47(42)48)55-27-9-8-21-51(55)52-25-12-26-53-54-37-44-16-4-5-17-45(44)38-57(54)60-58(52)53/h2-38H,1H2/b14-3-. The molecule has 0 bridgehead atoms. The van der Waals surface area contributed by atoms with Crippen molar-refractivity contribution in [1.29, 1.82) is 0 Å². The number of hydrogen-bond donors (Lipinski definition) is 0. The Balaban J connectivity index is 1.06. The summed E-state index contributed by atoms with van der Waals surface area (Å²) in [4.78, 5) is 2.40. The van der Waals surface area contributed by atoms with Gasteiger partial charge < -0.3 is 9.32 Å². The molecule has 2 nitrogen and oxygen atoms in total. The lowest BCUT2D eigenvalue weighted by atomic mass is 9.96. The molecule has 10 aromatic carbocycles.